The maximum absolute atomic E-state index is 12.5. The van der Waals surface area contributed by atoms with Crippen LogP contribution >= 0.6 is 0 Å². The third kappa shape index (κ3) is 5.55. The zero-order valence-electron chi connectivity index (χ0n) is 18.9. The number of aromatic amines is 1. The minimum Gasteiger partial charge on any atom is -0.493 e. The van der Waals surface area contributed by atoms with Crippen LogP contribution in [0.25, 0.3) is 10.9 Å². The van der Waals surface area contributed by atoms with Gasteiger partial charge in [-0.15, -0.1) is 0 Å². The van der Waals surface area contributed by atoms with Gasteiger partial charge in [-0.2, -0.15) is 0 Å². The average Bonchev–Trinajstić information content (AvgIpc) is 3.39. The third-order valence-corrected chi connectivity index (χ3v) is 5.61. The second kappa shape index (κ2) is 10.8. The number of rotatable bonds is 9. The highest BCUT2D eigenvalue weighted by molar-refractivity contribution is 5.98. The molecule has 1 aliphatic rings. The van der Waals surface area contributed by atoms with Crippen LogP contribution in [0.3, 0.4) is 0 Å². The van der Waals surface area contributed by atoms with Crippen LogP contribution in [0.2, 0.25) is 0 Å². The summed E-state index contributed by atoms with van der Waals surface area (Å²) >= 11 is 0. The van der Waals surface area contributed by atoms with E-state index in [1.807, 2.05) is 6.07 Å². The van der Waals surface area contributed by atoms with Crippen LogP contribution in [-0.2, 0) is 16.1 Å². The number of fused-ring (bicyclic) bond motifs is 1. The summed E-state index contributed by atoms with van der Waals surface area (Å²) < 4.78 is 16.8. The van der Waals surface area contributed by atoms with Gasteiger partial charge in [0.25, 0.3) is 5.91 Å². The summed E-state index contributed by atoms with van der Waals surface area (Å²) in [7, 11) is 1.56. The van der Waals surface area contributed by atoms with E-state index in [1.165, 1.54) is 6.20 Å². The summed E-state index contributed by atoms with van der Waals surface area (Å²) in [6.07, 6.45) is 3.48. The molecular formula is C25H27N3O6. The molecule has 1 aromatic heterocycles. The predicted octanol–water partition coefficient (Wildman–Crippen LogP) is 2.14. The maximum Gasteiger partial charge on any atom is 0.257 e. The third-order valence-electron chi connectivity index (χ3n) is 5.61. The molecule has 1 saturated heterocycles. The minimum atomic E-state index is -0.614. The number of amides is 2. The maximum atomic E-state index is 12.5. The van der Waals surface area contributed by atoms with E-state index in [0.717, 1.165) is 25.0 Å². The standard InChI is InChI=1S/C25H27N3O6/c1-32-22-11-16(8-9-21(22)34-15-17-5-4-10-33-17)12-27-23(29)14-28-25(31)19-13-26-20-7-3-2-6-18(20)24(19)30/h2-3,6-9,11,13,17H,4-5,10,12,14-15H2,1H3,(H,26,30)(H,27,29)(H,28,31). The minimum absolute atomic E-state index is 0.0465. The molecular weight excluding hydrogens is 438 g/mol. The SMILES string of the molecule is COc1cc(CNC(=O)CNC(=O)c2c[nH]c3ccccc3c2=O)ccc1OCC1CCCO1. The first-order valence-corrected chi connectivity index (χ1v) is 11.1. The summed E-state index contributed by atoms with van der Waals surface area (Å²) in [6.45, 7) is 1.22. The smallest absolute Gasteiger partial charge is 0.257 e. The zero-order valence-corrected chi connectivity index (χ0v) is 18.9. The van der Waals surface area contributed by atoms with E-state index in [4.69, 9.17) is 14.2 Å². The highest BCUT2D eigenvalue weighted by Crippen LogP contribution is 2.29. The molecule has 1 aliphatic heterocycles. The van der Waals surface area contributed by atoms with Crippen molar-refractivity contribution in [1.82, 2.24) is 15.6 Å². The number of aromatic nitrogens is 1. The fourth-order valence-corrected chi connectivity index (χ4v) is 3.75. The highest BCUT2D eigenvalue weighted by atomic mass is 16.5. The van der Waals surface area contributed by atoms with Gasteiger partial charge in [0.2, 0.25) is 11.3 Å². The van der Waals surface area contributed by atoms with Crippen LogP contribution in [-0.4, -0.2) is 49.8 Å². The number of ether oxygens (including phenoxy) is 3. The number of para-hydroxylation sites is 1. The lowest BCUT2D eigenvalue weighted by atomic mass is 10.1. The van der Waals surface area contributed by atoms with Crippen LogP contribution < -0.4 is 25.5 Å². The Labute approximate surface area is 196 Å². The van der Waals surface area contributed by atoms with Gasteiger partial charge in [0, 0.05) is 30.3 Å². The van der Waals surface area contributed by atoms with Crippen molar-refractivity contribution in [2.24, 2.45) is 0 Å². The molecule has 0 aliphatic carbocycles. The molecule has 1 atom stereocenters. The van der Waals surface area contributed by atoms with Crippen molar-refractivity contribution in [3.05, 3.63) is 70.0 Å². The van der Waals surface area contributed by atoms with E-state index in [2.05, 4.69) is 15.6 Å². The molecule has 0 spiro atoms. The van der Waals surface area contributed by atoms with E-state index < -0.39 is 5.91 Å². The molecule has 2 amide bonds. The number of pyridine rings is 1. The molecule has 0 saturated carbocycles. The Morgan fingerprint density at radius 2 is 2.00 bits per heavy atom. The number of carbonyl (C=O) groups is 2. The number of benzene rings is 2. The molecule has 1 unspecified atom stereocenters. The van der Waals surface area contributed by atoms with Gasteiger partial charge in [-0.05, 0) is 42.7 Å². The Balaban J connectivity index is 1.28. The van der Waals surface area contributed by atoms with Gasteiger partial charge < -0.3 is 29.8 Å². The Morgan fingerprint density at radius 3 is 2.79 bits per heavy atom. The monoisotopic (exact) mass is 465 g/mol. The van der Waals surface area contributed by atoms with Crippen LogP contribution in [0, 0.1) is 0 Å². The molecule has 178 valence electrons. The molecule has 1 fully saturated rings. The van der Waals surface area contributed by atoms with Crippen LogP contribution in [0.1, 0.15) is 28.8 Å². The van der Waals surface area contributed by atoms with Crippen LogP contribution in [0.5, 0.6) is 11.5 Å². The summed E-state index contributed by atoms with van der Waals surface area (Å²) in [5.41, 5.74) is 1.02. The summed E-state index contributed by atoms with van der Waals surface area (Å²) in [4.78, 5) is 40.1. The first-order valence-electron chi connectivity index (χ1n) is 11.1. The fraction of sp³-hybridized carbons (Fsp3) is 0.320. The molecule has 3 N–H and O–H groups in total. The first kappa shape index (κ1) is 23.3. The Hall–Kier alpha value is -3.85. The van der Waals surface area contributed by atoms with E-state index in [0.29, 0.717) is 29.0 Å². The quantitative estimate of drug-likeness (QED) is 0.446. The summed E-state index contributed by atoms with van der Waals surface area (Å²) in [5, 5.41) is 5.64. The van der Waals surface area contributed by atoms with Crippen LogP contribution in [0.4, 0.5) is 0 Å². The molecule has 3 aromatic rings. The molecule has 2 aromatic carbocycles. The van der Waals surface area contributed by atoms with Crippen molar-refractivity contribution in [3.8, 4) is 11.5 Å². The van der Waals surface area contributed by atoms with Gasteiger partial charge >= 0.3 is 0 Å². The number of nitrogens with one attached hydrogen (secondary N) is 3. The van der Waals surface area contributed by atoms with E-state index >= 15 is 0 Å². The van der Waals surface area contributed by atoms with Gasteiger partial charge in [0.1, 0.15) is 12.2 Å². The van der Waals surface area contributed by atoms with E-state index in [-0.39, 0.29) is 36.1 Å². The predicted molar refractivity (Wildman–Crippen MR) is 126 cm³/mol. The van der Waals surface area contributed by atoms with Crippen molar-refractivity contribution in [3.63, 3.8) is 0 Å². The number of hydrogen-bond donors (Lipinski definition) is 3. The van der Waals surface area contributed by atoms with E-state index in [9.17, 15) is 14.4 Å². The number of methoxy groups -OCH3 is 1. The highest BCUT2D eigenvalue weighted by Gasteiger charge is 2.17. The molecule has 0 radical (unpaired) electrons. The second-order valence-electron chi connectivity index (χ2n) is 7.97. The van der Waals surface area contributed by atoms with Gasteiger partial charge in [0.15, 0.2) is 11.5 Å². The topological polar surface area (TPSA) is 119 Å². The zero-order chi connectivity index (χ0) is 23.9. The van der Waals surface area contributed by atoms with Gasteiger partial charge in [0.05, 0.1) is 19.8 Å². The molecule has 0 bridgehead atoms. The summed E-state index contributed by atoms with van der Waals surface area (Å²) in [6, 6.07) is 12.3. The Morgan fingerprint density at radius 1 is 1.15 bits per heavy atom. The van der Waals surface area contributed by atoms with Crippen molar-refractivity contribution >= 4 is 22.7 Å². The second-order valence-corrected chi connectivity index (χ2v) is 7.97. The number of carbonyl (C=O) groups excluding carboxylic acids is 2. The van der Waals surface area contributed by atoms with Crippen molar-refractivity contribution in [2.45, 2.75) is 25.5 Å². The number of hydrogen-bond acceptors (Lipinski definition) is 6. The van der Waals surface area contributed by atoms with E-state index in [1.54, 1.807) is 43.5 Å². The largest absolute Gasteiger partial charge is 0.493 e. The lowest BCUT2D eigenvalue weighted by Crippen LogP contribution is -2.38. The number of H-pyrrole nitrogens is 1. The Bertz CT molecular complexity index is 1230. The van der Waals surface area contributed by atoms with Gasteiger partial charge in [-0.3, -0.25) is 14.4 Å². The normalized spacial score (nSPS) is 15.1. The van der Waals surface area contributed by atoms with Crippen molar-refractivity contribution in [1.29, 1.82) is 0 Å². The first-order chi connectivity index (χ1) is 16.5. The summed E-state index contributed by atoms with van der Waals surface area (Å²) in [5.74, 6) is 0.175. The van der Waals surface area contributed by atoms with Gasteiger partial charge in [-0.25, -0.2) is 0 Å². The Kier molecular flexibility index (Phi) is 7.44. The molecule has 9 heteroatoms. The molecule has 34 heavy (non-hydrogen) atoms. The average molecular weight is 466 g/mol. The molecule has 2 heterocycles. The fourth-order valence-electron chi connectivity index (χ4n) is 3.75. The van der Waals surface area contributed by atoms with Crippen molar-refractivity contribution in [2.75, 3.05) is 26.9 Å². The van der Waals surface area contributed by atoms with Gasteiger partial charge in [-0.1, -0.05) is 18.2 Å². The lowest BCUT2D eigenvalue weighted by molar-refractivity contribution is -0.120. The van der Waals surface area contributed by atoms with Crippen LogP contribution in [0.15, 0.2) is 53.5 Å². The lowest BCUT2D eigenvalue weighted by Gasteiger charge is -2.15. The van der Waals surface area contributed by atoms with Crippen molar-refractivity contribution < 1.29 is 23.8 Å². The molecule has 4 rings (SSSR count). The molecule has 9 nitrogen and oxygen atoms in total.